The lowest BCUT2D eigenvalue weighted by Crippen LogP contribution is -2.24. The Labute approximate surface area is 154 Å². The van der Waals surface area contributed by atoms with Crippen molar-refractivity contribution in [1.29, 1.82) is 0 Å². The highest BCUT2D eigenvalue weighted by Gasteiger charge is 2.11. The zero-order chi connectivity index (χ0) is 17.0. The van der Waals surface area contributed by atoms with E-state index in [-0.39, 0.29) is 11.8 Å². The molecule has 0 aliphatic rings. The molecule has 0 bridgehead atoms. The minimum absolute atomic E-state index is 0.0472. The maximum Gasteiger partial charge on any atom is 0.253 e. The molecule has 0 spiro atoms. The molecule has 2 aromatic rings. The van der Waals surface area contributed by atoms with E-state index >= 15 is 0 Å². The Hall–Kier alpha value is -1.60. The molecule has 4 nitrogen and oxygen atoms in total. The summed E-state index contributed by atoms with van der Waals surface area (Å²) >= 11 is 8.03. The summed E-state index contributed by atoms with van der Waals surface area (Å²) in [6.07, 6.45) is 0. The molecule has 2 rings (SSSR count). The van der Waals surface area contributed by atoms with Gasteiger partial charge < -0.3 is 10.2 Å². The SMILES string of the molecule is CN(C)C(=O)c1ccc(CNC(=O)c2cc(Cl)ccc2I)cc1. The van der Waals surface area contributed by atoms with Gasteiger partial charge in [0.25, 0.3) is 11.8 Å². The van der Waals surface area contributed by atoms with E-state index in [1.54, 1.807) is 44.4 Å². The van der Waals surface area contributed by atoms with Crippen molar-refractivity contribution in [2.24, 2.45) is 0 Å². The lowest BCUT2D eigenvalue weighted by Gasteiger charge is -2.11. The molecule has 0 aromatic heterocycles. The van der Waals surface area contributed by atoms with Crippen molar-refractivity contribution >= 4 is 46.0 Å². The highest BCUT2D eigenvalue weighted by Crippen LogP contribution is 2.18. The highest BCUT2D eigenvalue weighted by atomic mass is 127. The van der Waals surface area contributed by atoms with E-state index in [4.69, 9.17) is 11.6 Å². The maximum absolute atomic E-state index is 12.2. The van der Waals surface area contributed by atoms with Crippen LogP contribution in [0.15, 0.2) is 42.5 Å². The van der Waals surface area contributed by atoms with E-state index in [2.05, 4.69) is 27.9 Å². The van der Waals surface area contributed by atoms with Gasteiger partial charge >= 0.3 is 0 Å². The van der Waals surface area contributed by atoms with Gasteiger partial charge in [-0.1, -0.05) is 23.7 Å². The average molecular weight is 443 g/mol. The molecule has 0 fully saturated rings. The van der Waals surface area contributed by atoms with Crippen LogP contribution < -0.4 is 5.32 Å². The first-order chi connectivity index (χ1) is 10.9. The predicted molar refractivity (Wildman–Crippen MR) is 99.8 cm³/mol. The molecule has 0 aliphatic heterocycles. The second-order valence-corrected chi connectivity index (χ2v) is 6.80. The molecule has 0 heterocycles. The topological polar surface area (TPSA) is 49.4 Å². The Morgan fingerprint density at radius 3 is 2.39 bits per heavy atom. The molecule has 0 saturated heterocycles. The van der Waals surface area contributed by atoms with Gasteiger partial charge in [-0.3, -0.25) is 9.59 Å². The van der Waals surface area contributed by atoms with Crippen LogP contribution >= 0.6 is 34.2 Å². The fraction of sp³-hybridized carbons (Fsp3) is 0.176. The Morgan fingerprint density at radius 2 is 1.78 bits per heavy atom. The van der Waals surface area contributed by atoms with E-state index in [0.29, 0.717) is 22.7 Å². The molecule has 6 heteroatoms. The van der Waals surface area contributed by atoms with Gasteiger partial charge in [-0.05, 0) is 58.5 Å². The Kier molecular flexibility index (Phi) is 6.01. The summed E-state index contributed by atoms with van der Waals surface area (Å²) in [5, 5.41) is 3.39. The zero-order valence-electron chi connectivity index (χ0n) is 12.8. The van der Waals surface area contributed by atoms with Crippen LogP contribution in [-0.4, -0.2) is 30.8 Å². The molecule has 0 unspecified atom stereocenters. The molecule has 2 amide bonds. The summed E-state index contributed by atoms with van der Waals surface area (Å²) in [5.74, 6) is -0.223. The van der Waals surface area contributed by atoms with Crippen LogP contribution in [-0.2, 0) is 6.54 Å². The van der Waals surface area contributed by atoms with Gasteiger partial charge in [0.2, 0.25) is 0 Å². The quantitative estimate of drug-likeness (QED) is 0.736. The molecule has 23 heavy (non-hydrogen) atoms. The third-order valence-electron chi connectivity index (χ3n) is 3.23. The lowest BCUT2D eigenvalue weighted by molar-refractivity contribution is 0.0827. The molecule has 120 valence electrons. The third-order valence-corrected chi connectivity index (χ3v) is 4.41. The van der Waals surface area contributed by atoms with Crippen LogP contribution in [0, 0.1) is 3.57 Å². The minimum Gasteiger partial charge on any atom is -0.348 e. The molecule has 0 aliphatic carbocycles. The van der Waals surface area contributed by atoms with Crippen LogP contribution in [0.1, 0.15) is 26.3 Å². The van der Waals surface area contributed by atoms with Crippen molar-refractivity contribution in [2.45, 2.75) is 6.54 Å². The normalized spacial score (nSPS) is 10.3. The van der Waals surface area contributed by atoms with Crippen molar-refractivity contribution in [3.63, 3.8) is 0 Å². The first kappa shape index (κ1) is 17.7. The van der Waals surface area contributed by atoms with Gasteiger partial charge in [0.15, 0.2) is 0 Å². The fourth-order valence-electron chi connectivity index (χ4n) is 1.97. The van der Waals surface area contributed by atoms with E-state index in [1.165, 1.54) is 4.90 Å². The molecular weight excluding hydrogens is 427 g/mol. The van der Waals surface area contributed by atoms with Crippen LogP contribution in [0.5, 0.6) is 0 Å². The van der Waals surface area contributed by atoms with Crippen molar-refractivity contribution in [3.05, 3.63) is 67.7 Å². The number of hydrogen-bond donors (Lipinski definition) is 1. The van der Waals surface area contributed by atoms with Crippen molar-refractivity contribution in [2.75, 3.05) is 14.1 Å². The molecule has 0 radical (unpaired) electrons. The summed E-state index contributed by atoms with van der Waals surface area (Å²) < 4.78 is 0.844. The number of nitrogens with one attached hydrogen (secondary N) is 1. The van der Waals surface area contributed by atoms with E-state index in [9.17, 15) is 9.59 Å². The van der Waals surface area contributed by atoms with Crippen LogP contribution in [0.25, 0.3) is 0 Å². The smallest absolute Gasteiger partial charge is 0.253 e. The van der Waals surface area contributed by atoms with Gasteiger partial charge in [-0.15, -0.1) is 0 Å². The zero-order valence-corrected chi connectivity index (χ0v) is 15.7. The number of hydrogen-bond acceptors (Lipinski definition) is 2. The Bertz CT molecular complexity index is 730. The predicted octanol–water partition coefficient (Wildman–Crippen LogP) is 3.58. The number of benzene rings is 2. The fourth-order valence-corrected chi connectivity index (χ4v) is 2.72. The number of rotatable bonds is 4. The summed E-state index contributed by atoms with van der Waals surface area (Å²) in [7, 11) is 3.42. The summed E-state index contributed by atoms with van der Waals surface area (Å²) in [6.45, 7) is 0.387. The largest absolute Gasteiger partial charge is 0.348 e. The maximum atomic E-state index is 12.2. The van der Waals surface area contributed by atoms with Crippen molar-refractivity contribution in [1.82, 2.24) is 10.2 Å². The Morgan fingerprint density at radius 1 is 1.13 bits per heavy atom. The van der Waals surface area contributed by atoms with Crippen LogP contribution in [0.2, 0.25) is 5.02 Å². The van der Waals surface area contributed by atoms with Gasteiger partial charge in [-0.25, -0.2) is 0 Å². The summed E-state index contributed by atoms with van der Waals surface area (Å²) in [4.78, 5) is 25.6. The monoisotopic (exact) mass is 442 g/mol. The molecule has 1 N–H and O–H groups in total. The third kappa shape index (κ3) is 4.68. The average Bonchev–Trinajstić information content (AvgIpc) is 2.54. The van der Waals surface area contributed by atoms with Crippen LogP contribution in [0.4, 0.5) is 0 Å². The number of carbonyl (C=O) groups is 2. The number of nitrogens with zero attached hydrogens (tertiary/aromatic N) is 1. The second-order valence-electron chi connectivity index (χ2n) is 5.20. The van der Waals surface area contributed by atoms with Gasteiger partial charge in [0.05, 0.1) is 5.56 Å². The Balaban J connectivity index is 2.02. The number of amides is 2. The van der Waals surface area contributed by atoms with E-state index in [0.717, 1.165) is 9.13 Å². The molecule has 0 atom stereocenters. The van der Waals surface area contributed by atoms with Crippen molar-refractivity contribution in [3.8, 4) is 0 Å². The molecular formula is C17H16ClIN2O2. The number of halogens is 2. The first-order valence-corrected chi connectivity index (χ1v) is 8.38. The molecule has 0 saturated carbocycles. The van der Waals surface area contributed by atoms with Crippen molar-refractivity contribution < 1.29 is 9.59 Å². The first-order valence-electron chi connectivity index (χ1n) is 6.92. The second kappa shape index (κ2) is 7.79. The van der Waals surface area contributed by atoms with Gasteiger partial charge in [-0.2, -0.15) is 0 Å². The number of carbonyl (C=O) groups excluding carboxylic acids is 2. The van der Waals surface area contributed by atoms with E-state index < -0.39 is 0 Å². The van der Waals surface area contributed by atoms with Crippen LogP contribution in [0.3, 0.4) is 0 Å². The summed E-state index contributed by atoms with van der Waals surface area (Å²) in [6, 6.07) is 12.4. The molecule has 2 aromatic carbocycles. The standard InChI is InChI=1S/C17H16ClIN2O2/c1-21(2)17(23)12-5-3-11(4-6-12)10-20-16(22)14-9-13(18)7-8-15(14)19/h3-9H,10H2,1-2H3,(H,20,22). The van der Waals surface area contributed by atoms with Gasteiger partial charge in [0, 0.05) is 34.8 Å². The summed E-state index contributed by atoms with van der Waals surface area (Å²) in [5.41, 5.74) is 2.10. The van der Waals surface area contributed by atoms with E-state index in [1.807, 2.05) is 12.1 Å². The van der Waals surface area contributed by atoms with Gasteiger partial charge in [0.1, 0.15) is 0 Å². The highest BCUT2D eigenvalue weighted by molar-refractivity contribution is 14.1. The minimum atomic E-state index is -0.176. The lowest BCUT2D eigenvalue weighted by atomic mass is 10.1.